The molecule has 0 aliphatic carbocycles. The number of esters is 1. The Morgan fingerprint density at radius 2 is 1.74 bits per heavy atom. The molecule has 0 fully saturated rings. The summed E-state index contributed by atoms with van der Waals surface area (Å²) in [5.74, 6) is -0.329. The molecule has 0 heterocycles. The first kappa shape index (κ1) is 27.3. The zero-order valence-electron chi connectivity index (χ0n) is 20.2. The minimum Gasteiger partial charge on any atom is -0.461 e. The molecule has 0 aliphatic rings. The number of carbonyl (C=O) groups is 2. The molecule has 1 rings (SSSR count). The van der Waals surface area contributed by atoms with Crippen LogP contribution < -0.4 is 5.32 Å². The van der Waals surface area contributed by atoms with Gasteiger partial charge < -0.3 is 19.5 Å². The van der Waals surface area contributed by atoms with Crippen LogP contribution in [-0.4, -0.2) is 50.8 Å². The first-order valence-electron chi connectivity index (χ1n) is 11.2. The van der Waals surface area contributed by atoms with Crippen LogP contribution in [0.2, 0.25) is 0 Å². The molecule has 6 nitrogen and oxygen atoms in total. The van der Waals surface area contributed by atoms with Crippen molar-refractivity contribution < 1.29 is 23.8 Å². The van der Waals surface area contributed by atoms with Gasteiger partial charge in [-0.2, -0.15) is 0 Å². The summed E-state index contributed by atoms with van der Waals surface area (Å²) in [6.45, 7) is 12.7. The molecule has 2 atom stereocenters. The number of Topliss-reactive ketones (excluding diaryl/α,β-unsaturated/α-hetero) is 1. The van der Waals surface area contributed by atoms with Gasteiger partial charge in [-0.1, -0.05) is 51.1 Å². The van der Waals surface area contributed by atoms with Gasteiger partial charge in [0.05, 0.1) is 19.8 Å². The van der Waals surface area contributed by atoms with E-state index in [0.717, 1.165) is 5.56 Å². The van der Waals surface area contributed by atoms with E-state index in [2.05, 4.69) is 19.2 Å². The summed E-state index contributed by atoms with van der Waals surface area (Å²) in [6.07, 6.45) is 1.43. The van der Waals surface area contributed by atoms with Crippen molar-refractivity contribution in [2.75, 3.05) is 33.5 Å². The lowest BCUT2D eigenvalue weighted by atomic mass is 9.65. The number of benzene rings is 1. The number of hydrogen-bond donors (Lipinski definition) is 1. The van der Waals surface area contributed by atoms with Crippen molar-refractivity contribution in [1.82, 2.24) is 5.32 Å². The van der Waals surface area contributed by atoms with Crippen LogP contribution in [-0.2, 0) is 30.4 Å². The summed E-state index contributed by atoms with van der Waals surface area (Å²) in [7, 11) is 1.65. The summed E-state index contributed by atoms with van der Waals surface area (Å²) in [4.78, 5) is 25.5. The Morgan fingerprint density at radius 3 is 2.35 bits per heavy atom. The van der Waals surface area contributed by atoms with Crippen molar-refractivity contribution in [2.24, 2.45) is 11.3 Å². The molecule has 0 bridgehead atoms. The highest BCUT2D eigenvalue weighted by Crippen LogP contribution is 2.38. The summed E-state index contributed by atoms with van der Waals surface area (Å²) >= 11 is 0. The smallest absolute Gasteiger partial charge is 0.306 e. The van der Waals surface area contributed by atoms with Crippen LogP contribution >= 0.6 is 0 Å². The van der Waals surface area contributed by atoms with Crippen LogP contribution in [0.3, 0.4) is 0 Å². The summed E-state index contributed by atoms with van der Waals surface area (Å²) in [6, 6.07) is 9.59. The fraction of sp³-hybridized carbons (Fsp3) is 0.680. The second kappa shape index (κ2) is 13.6. The molecule has 1 aromatic rings. The van der Waals surface area contributed by atoms with Crippen molar-refractivity contribution in [3.8, 4) is 0 Å². The molecule has 0 saturated carbocycles. The van der Waals surface area contributed by atoms with Gasteiger partial charge >= 0.3 is 5.97 Å². The van der Waals surface area contributed by atoms with E-state index in [0.29, 0.717) is 39.2 Å². The summed E-state index contributed by atoms with van der Waals surface area (Å²) < 4.78 is 15.8. The van der Waals surface area contributed by atoms with Crippen molar-refractivity contribution in [2.45, 2.75) is 66.0 Å². The second-order valence-corrected chi connectivity index (χ2v) is 8.79. The van der Waals surface area contributed by atoms with Crippen molar-refractivity contribution >= 4 is 11.8 Å². The van der Waals surface area contributed by atoms with Gasteiger partial charge in [-0.15, -0.1) is 0 Å². The van der Waals surface area contributed by atoms with E-state index in [1.807, 2.05) is 51.1 Å². The first-order chi connectivity index (χ1) is 14.7. The third-order valence-corrected chi connectivity index (χ3v) is 6.35. The van der Waals surface area contributed by atoms with Gasteiger partial charge in [0.15, 0.2) is 0 Å². The van der Waals surface area contributed by atoms with Crippen LogP contribution in [0, 0.1) is 11.3 Å². The van der Waals surface area contributed by atoms with Crippen LogP contribution in [0.25, 0.3) is 0 Å². The quantitative estimate of drug-likeness (QED) is 0.310. The highest BCUT2D eigenvalue weighted by atomic mass is 16.5. The molecule has 1 aromatic carbocycles. The van der Waals surface area contributed by atoms with E-state index in [1.165, 1.54) is 0 Å². The third kappa shape index (κ3) is 8.71. The van der Waals surface area contributed by atoms with Crippen LogP contribution in [0.1, 0.15) is 59.4 Å². The van der Waals surface area contributed by atoms with Gasteiger partial charge in [-0.05, 0) is 32.3 Å². The van der Waals surface area contributed by atoms with Gasteiger partial charge in [0, 0.05) is 36.9 Å². The Bertz CT molecular complexity index is 661. The Hall–Kier alpha value is -1.76. The first-order valence-corrected chi connectivity index (χ1v) is 11.2. The second-order valence-electron chi connectivity index (χ2n) is 8.79. The van der Waals surface area contributed by atoms with Crippen LogP contribution in [0.15, 0.2) is 30.3 Å². The van der Waals surface area contributed by atoms with Crippen molar-refractivity contribution in [3.63, 3.8) is 0 Å². The standard InChI is InChI=1S/C25H41NO5/c1-7-25(5,24(3,4)26-15-16-30-18-17-29-6)23(28)20(2)13-14-22(27)31-19-21-11-9-8-10-12-21/h8-12,20,26H,7,13-19H2,1-6H3/t20-,25?/m1/s1. The maximum atomic E-state index is 13.4. The highest BCUT2D eigenvalue weighted by molar-refractivity contribution is 5.88. The van der Waals surface area contributed by atoms with Crippen molar-refractivity contribution in [3.05, 3.63) is 35.9 Å². The molecule has 6 heteroatoms. The summed E-state index contributed by atoms with van der Waals surface area (Å²) in [5, 5.41) is 3.49. The third-order valence-electron chi connectivity index (χ3n) is 6.35. The number of nitrogens with one attached hydrogen (secondary N) is 1. The molecule has 1 N–H and O–H groups in total. The van der Waals surface area contributed by atoms with Gasteiger partial charge in [0.25, 0.3) is 0 Å². The zero-order valence-corrected chi connectivity index (χ0v) is 20.2. The molecule has 1 unspecified atom stereocenters. The van der Waals surface area contributed by atoms with Gasteiger partial charge in [0.1, 0.15) is 12.4 Å². The Morgan fingerprint density at radius 1 is 1.06 bits per heavy atom. The molecule has 0 saturated heterocycles. The molecule has 0 amide bonds. The van der Waals surface area contributed by atoms with E-state index in [1.54, 1.807) is 7.11 Å². The lowest BCUT2D eigenvalue weighted by molar-refractivity contribution is -0.145. The lowest BCUT2D eigenvalue weighted by Crippen LogP contribution is -2.58. The number of methoxy groups -OCH3 is 1. The average molecular weight is 436 g/mol. The Labute approximate surface area is 188 Å². The fourth-order valence-corrected chi connectivity index (χ4v) is 3.62. The molecule has 0 radical (unpaired) electrons. The predicted molar refractivity (Wildman–Crippen MR) is 123 cm³/mol. The largest absolute Gasteiger partial charge is 0.461 e. The molecular formula is C25H41NO5. The fourth-order valence-electron chi connectivity index (χ4n) is 3.62. The molecule has 31 heavy (non-hydrogen) atoms. The Balaban J connectivity index is 2.53. The van der Waals surface area contributed by atoms with Gasteiger partial charge in [-0.3, -0.25) is 9.59 Å². The monoisotopic (exact) mass is 435 g/mol. The molecule has 0 aromatic heterocycles. The number of ether oxygens (including phenoxy) is 3. The molecule has 176 valence electrons. The lowest BCUT2D eigenvalue weighted by Gasteiger charge is -2.44. The van der Waals surface area contributed by atoms with E-state index >= 15 is 0 Å². The maximum Gasteiger partial charge on any atom is 0.306 e. The van der Waals surface area contributed by atoms with Crippen LogP contribution in [0.4, 0.5) is 0 Å². The number of rotatable bonds is 16. The molecule has 0 spiro atoms. The highest BCUT2D eigenvalue weighted by Gasteiger charge is 2.46. The van der Waals surface area contributed by atoms with E-state index in [-0.39, 0.29) is 30.7 Å². The minimum atomic E-state index is -0.563. The van der Waals surface area contributed by atoms with Crippen LogP contribution in [0.5, 0.6) is 0 Å². The van der Waals surface area contributed by atoms with Crippen molar-refractivity contribution in [1.29, 1.82) is 0 Å². The SMILES string of the molecule is CCC(C)(C(=O)[C@H](C)CCC(=O)OCc1ccccc1)C(C)(C)NCCOCCOC. The topological polar surface area (TPSA) is 73.9 Å². The van der Waals surface area contributed by atoms with Gasteiger partial charge in [0.2, 0.25) is 0 Å². The molecule has 0 aliphatic heterocycles. The number of carbonyl (C=O) groups excluding carboxylic acids is 2. The normalized spacial score (nSPS) is 14.6. The maximum absolute atomic E-state index is 13.4. The Kier molecular flexibility index (Phi) is 12.0. The molecular weight excluding hydrogens is 394 g/mol. The number of hydrogen-bond acceptors (Lipinski definition) is 6. The zero-order chi connectivity index (χ0) is 23.3. The van der Waals surface area contributed by atoms with E-state index in [9.17, 15) is 9.59 Å². The minimum absolute atomic E-state index is 0.170. The van der Waals surface area contributed by atoms with Gasteiger partial charge in [-0.25, -0.2) is 0 Å². The average Bonchev–Trinajstić information content (AvgIpc) is 2.77. The van der Waals surface area contributed by atoms with E-state index in [4.69, 9.17) is 14.2 Å². The van der Waals surface area contributed by atoms with E-state index < -0.39 is 11.0 Å². The predicted octanol–water partition coefficient (Wildman–Crippen LogP) is 4.16. The number of ketones is 1. The summed E-state index contributed by atoms with van der Waals surface area (Å²) in [5.41, 5.74) is -0.0177.